The average molecular weight is 332 g/mol. The second kappa shape index (κ2) is 7.92. The summed E-state index contributed by atoms with van der Waals surface area (Å²) >= 11 is 1.35. The second-order valence-electron chi connectivity index (χ2n) is 5.18. The van der Waals surface area contributed by atoms with Gasteiger partial charge in [-0.2, -0.15) is 0 Å². The van der Waals surface area contributed by atoms with E-state index in [-0.39, 0.29) is 17.4 Å². The molecular formula is C16H20N4O2S. The Bertz CT molecular complexity index is 695. The molecule has 0 aliphatic rings. The Kier molecular flexibility index (Phi) is 5.92. The molecule has 0 aliphatic heterocycles. The number of amides is 1. The zero-order valence-corrected chi connectivity index (χ0v) is 14.3. The fourth-order valence-electron chi connectivity index (χ4n) is 2.03. The number of carbonyl (C=O) groups is 2. The van der Waals surface area contributed by atoms with E-state index in [1.807, 2.05) is 11.6 Å². The van der Waals surface area contributed by atoms with E-state index in [0.29, 0.717) is 11.3 Å². The van der Waals surface area contributed by atoms with Crippen molar-refractivity contribution in [3.8, 4) is 0 Å². The summed E-state index contributed by atoms with van der Waals surface area (Å²) in [5.74, 6) is 1.07. The SMILES string of the molecule is CCCc1nnc(SCC(=O)Nc2ccc(C(C)=O)cc2)n1C. The van der Waals surface area contributed by atoms with Crippen molar-refractivity contribution in [3.63, 3.8) is 0 Å². The number of aryl methyl sites for hydroxylation is 1. The minimum atomic E-state index is -0.120. The molecule has 0 spiro atoms. The smallest absolute Gasteiger partial charge is 0.234 e. The molecular weight excluding hydrogens is 312 g/mol. The summed E-state index contributed by atoms with van der Waals surface area (Å²) in [6.45, 7) is 3.60. The molecule has 0 saturated heterocycles. The summed E-state index contributed by atoms with van der Waals surface area (Å²) in [5, 5.41) is 11.8. The highest BCUT2D eigenvalue weighted by atomic mass is 32.2. The number of ketones is 1. The lowest BCUT2D eigenvalue weighted by atomic mass is 10.1. The number of thioether (sulfide) groups is 1. The number of carbonyl (C=O) groups excluding carboxylic acids is 2. The minimum Gasteiger partial charge on any atom is -0.325 e. The molecule has 0 radical (unpaired) electrons. The minimum absolute atomic E-state index is 0.00333. The fraction of sp³-hybridized carbons (Fsp3) is 0.375. The van der Waals surface area contributed by atoms with Gasteiger partial charge in [0.15, 0.2) is 10.9 Å². The van der Waals surface area contributed by atoms with Gasteiger partial charge in [-0.25, -0.2) is 0 Å². The highest BCUT2D eigenvalue weighted by Gasteiger charge is 2.11. The van der Waals surface area contributed by atoms with Crippen LogP contribution in [0.5, 0.6) is 0 Å². The van der Waals surface area contributed by atoms with Gasteiger partial charge in [-0.3, -0.25) is 9.59 Å². The lowest BCUT2D eigenvalue weighted by molar-refractivity contribution is -0.113. The number of rotatable bonds is 7. The number of benzene rings is 1. The topological polar surface area (TPSA) is 76.9 Å². The molecule has 1 aromatic heterocycles. The van der Waals surface area contributed by atoms with Crippen LogP contribution in [0.3, 0.4) is 0 Å². The number of nitrogens with zero attached hydrogens (tertiary/aromatic N) is 3. The molecule has 1 N–H and O–H groups in total. The lowest BCUT2D eigenvalue weighted by Gasteiger charge is -2.06. The fourth-order valence-corrected chi connectivity index (χ4v) is 2.76. The highest BCUT2D eigenvalue weighted by Crippen LogP contribution is 2.17. The maximum absolute atomic E-state index is 12.0. The highest BCUT2D eigenvalue weighted by molar-refractivity contribution is 7.99. The van der Waals surface area contributed by atoms with Crippen molar-refractivity contribution in [2.45, 2.75) is 31.8 Å². The van der Waals surface area contributed by atoms with Crippen molar-refractivity contribution in [3.05, 3.63) is 35.7 Å². The van der Waals surface area contributed by atoms with Crippen molar-refractivity contribution >= 4 is 29.1 Å². The predicted octanol–water partition coefficient (Wildman–Crippen LogP) is 2.70. The van der Waals surface area contributed by atoms with Crippen LogP contribution in [0.1, 0.15) is 36.5 Å². The van der Waals surface area contributed by atoms with E-state index in [4.69, 9.17) is 0 Å². The number of nitrogens with one attached hydrogen (secondary N) is 1. The van der Waals surface area contributed by atoms with Crippen LogP contribution in [0.4, 0.5) is 5.69 Å². The average Bonchev–Trinajstić information content (AvgIpc) is 2.87. The zero-order valence-electron chi connectivity index (χ0n) is 13.5. The maximum atomic E-state index is 12.0. The van der Waals surface area contributed by atoms with E-state index in [1.165, 1.54) is 18.7 Å². The van der Waals surface area contributed by atoms with Crippen LogP contribution in [0, 0.1) is 0 Å². The molecule has 1 aromatic carbocycles. The van der Waals surface area contributed by atoms with Gasteiger partial charge in [-0.1, -0.05) is 18.7 Å². The van der Waals surface area contributed by atoms with Crippen LogP contribution >= 0.6 is 11.8 Å². The lowest BCUT2D eigenvalue weighted by Crippen LogP contribution is -2.14. The Morgan fingerprint density at radius 3 is 2.52 bits per heavy atom. The summed E-state index contributed by atoms with van der Waals surface area (Å²) in [5.41, 5.74) is 1.30. The molecule has 2 rings (SSSR count). The first-order valence-electron chi connectivity index (χ1n) is 7.43. The van der Waals surface area contributed by atoms with Crippen LogP contribution in [0.15, 0.2) is 29.4 Å². The third kappa shape index (κ3) is 4.66. The van der Waals surface area contributed by atoms with E-state index in [9.17, 15) is 9.59 Å². The Balaban J connectivity index is 1.88. The number of hydrogen-bond acceptors (Lipinski definition) is 5. The van der Waals surface area contributed by atoms with Crippen molar-refractivity contribution in [1.29, 1.82) is 0 Å². The molecule has 0 fully saturated rings. The third-order valence-corrected chi connectivity index (χ3v) is 4.33. The summed E-state index contributed by atoms with van der Waals surface area (Å²) in [4.78, 5) is 23.2. The Morgan fingerprint density at radius 1 is 1.22 bits per heavy atom. The summed E-state index contributed by atoms with van der Waals surface area (Å²) in [7, 11) is 1.91. The Hall–Kier alpha value is -2.15. The van der Waals surface area contributed by atoms with Gasteiger partial charge in [-0.15, -0.1) is 10.2 Å². The van der Waals surface area contributed by atoms with Crippen molar-refractivity contribution in [1.82, 2.24) is 14.8 Å². The number of Topliss-reactive ketones (excluding diaryl/α,β-unsaturated/α-hetero) is 1. The van der Waals surface area contributed by atoms with E-state index >= 15 is 0 Å². The van der Waals surface area contributed by atoms with Crippen LogP contribution in [0.2, 0.25) is 0 Å². The summed E-state index contributed by atoms with van der Waals surface area (Å²) < 4.78 is 1.92. The van der Waals surface area contributed by atoms with E-state index in [0.717, 1.165) is 23.8 Å². The first-order chi connectivity index (χ1) is 11.0. The quantitative estimate of drug-likeness (QED) is 0.623. The molecule has 0 saturated carbocycles. The number of anilines is 1. The van der Waals surface area contributed by atoms with Crippen LogP contribution in [-0.4, -0.2) is 32.2 Å². The van der Waals surface area contributed by atoms with Gasteiger partial charge in [-0.05, 0) is 37.6 Å². The van der Waals surface area contributed by atoms with Crippen molar-refractivity contribution < 1.29 is 9.59 Å². The van der Waals surface area contributed by atoms with Gasteiger partial charge < -0.3 is 9.88 Å². The van der Waals surface area contributed by atoms with Crippen molar-refractivity contribution in [2.75, 3.05) is 11.1 Å². The van der Waals surface area contributed by atoms with Crippen LogP contribution in [0.25, 0.3) is 0 Å². The third-order valence-electron chi connectivity index (χ3n) is 3.31. The standard InChI is InChI=1S/C16H20N4O2S/c1-4-5-14-18-19-16(20(14)3)23-10-15(22)17-13-8-6-12(7-9-13)11(2)21/h6-9H,4-5,10H2,1-3H3,(H,17,22). The van der Waals surface area contributed by atoms with Gasteiger partial charge in [0, 0.05) is 24.7 Å². The monoisotopic (exact) mass is 332 g/mol. The summed E-state index contributed by atoms with van der Waals surface area (Å²) in [6.07, 6.45) is 1.88. The van der Waals surface area contributed by atoms with Crippen molar-refractivity contribution in [2.24, 2.45) is 7.05 Å². The molecule has 0 bridgehead atoms. The van der Waals surface area contributed by atoms with Crippen LogP contribution in [-0.2, 0) is 18.3 Å². The first-order valence-corrected chi connectivity index (χ1v) is 8.41. The van der Waals surface area contributed by atoms with E-state index in [2.05, 4.69) is 22.4 Å². The van der Waals surface area contributed by atoms with E-state index in [1.54, 1.807) is 24.3 Å². The largest absolute Gasteiger partial charge is 0.325 e. The molecule has 1 heterocycles. The van der Waals surface area contributed by atoms with Gasteiger partial charge in [0.05, 0.1) is 5.75 Å². The molecule has 0 unspecified atom stereocenters. The molecule has 0 aliphatic carbocycles. The van der Waals surface area contributed by atoms with Gasteiger partial charge in [0.2, 0.25) is 5.91 Å². The molecule has 0 atom stereocenters. The van der Waals surface area contributed by atoms with Gasteiger partial charge in [0.1, 0.15) is 5.82 Å². The Labute approximate surface area is 139 Å². The first kappa shape index (κ1) is 17.2. The molecule has 122 valence electrons. The Morgan fingerprint density at radius 2 is 1.91 bits per heavy atom. The molecule has 1 amide bonds. The molecule has 6 nitrogen and oxygen atoms in total. The number of aromatic nitrogens is 3. The molecule has 23 heavy (non-hydrogen) atoms. The normalized spacial score (nSPS) is 10.6. The van der Waals surface area contributed by atoms with Crippen LogP contribution < -0.4 is 5.32 Å². The number of hydrogen-bond donors (Lipinski definition) is 1. The van der Waals surface area contributed by atoms with E-state index < -0.39 is 0 Å². The summed E-state index contributed by atoms with van der Waals surface area (Å²) in [6, 6.07) is 6.84. The van der Waals surface area contributed by atoms with Gasteiger partial charge >= 0.3 is 0 Å². The zero-order chi connectivity index (χ0) is 16.8. The molecule has 7 heteroatoms. The van der Waals surface area contributed by atoms with Gasteiger partial charge in [0.25, 0.3) is 0 Å². The second-order valence-corrected chi connectivity index (χ2v) is 6.12. The molecule has 2 aromatic rings. The maximum Gasteiger partial charge on any atom is 0.234 e. The predicted molar refractivity (Wildman–Crippen MR) is 90.8 cm³/mol.